The van der Waals surface area contributed by atoms with Crippen molar-refractivity contribution in [1.29, 1.82) is 0 Å². The lowest BCUT2D eigenvalue weighted by atomic mass is 10.0. The smallest absolute Gasteiger partial charge is 0.410 e. The molecule has 3 aromatic carbocycles. The Morgan fingerprint density at radius 1 is 0.905 bits per heavy atom. The van der Waals surface area contributed by atoms with E-state index >= 15 is 0 Å². The van der Waals surface area contributed by atoms with Gasteiger partial charge in [0.2, 0.25) is 5.79 Å². The first kappa shape index (κ1) is 29.9. The zero-order chi connectivity index (χ0) is 29.4. The molecule has 3 aromatic rings. The minimum atomic E-state index is -0.620. The van der Waals surface area contributed by atoms with Gasteiger partial charge in [0.05, 0.1) is 13.2 Å². The van der Waals surface area contributed by atoms with Crippen LogP contribution < -0.4 is 10.5 Å². The van der Waals surface area contributed by atoms with Crippen LogP contribution in [0.4, 0.5) is 10.5 Å². The number of nitrogen functional groups attached to an aromatic ring is 1. The number of nitrogens with two attached hydrogens (primary N) is 1. The summed E-state index contributed by atoms with van der Waals surface area (Å²) >= 11 is 0. The molecule has 2 aliphatic heterocycles. The summed E-state index contributed by atoms with van der Waals surface area (Å²) in [6.45, 7) is 7.20. The van der Waals surface area contributed by atoms with Crippen molar-refractivity contribution < 1.29 is 23.7 Å². The van der Waals surface area contributed by atoms with Crippen LogP contribution in [0.1, 0.15) is 75.2 Å². The molecule has 2 heterocycles. The molecule has 0 saturated carbocycles. The molecule has 42 heavy (non-hydrogen) atoms. The number of hydrogen-bond acceptors (Lipinski definition) is 6. The zero-order valence-corrected chi connectivity index (χ0v) is 25.0. The molecule has 2 N–H and O–H groups in total. The number of benzene rings is 3. The number of ether oxygens (including phenoxy) is 4. The van der Waals surface area contributed by atoms with Crippen molar-refractivity contribution in [3.63, 3.8) is 0 Å². The van der Waals surface area contributed by atoms with Crippen LogP contribution in [0.2, 0.25) is 0 Å². The highest BCUT2D eigenvalue weighted by Gasteiger charge is 2.33. The van der Waals surface area contributed by atoms with E-state index in [1.54, 1.807) is 0 Å². The molecule has 0 radical (unpaired) electrons. The molecule has 2 aliphatic rings. The second-order valence-corrected chi connectivity index (χ2v) is 11.8. The SMILES string of the molecule is CC1(C)OCc2cc([C@@H]3CN(CCCCCCOCCCCc4cccc(-c5cccc(N)c5)c4)C(=O)O3)ccc2O1. The van der Waals surface area contributed by atoms with Crippen LogP contribution >= 0.6 is 0 Å². The molecule has 0 unspecified atom stereocenters. The summed E-state index contributed by atoms with van der Waals surface area (Å²) in [6, 6.07) is 22.7. The highest BCUT2D eigenvalue weighted by molar-refractivity contribution is 5.70. The lowest BCUT2D eigenvalue weighted by Gasteiger charge is -2.32. The number of fused-ring (bicyclic) bond motifs is 1. The third-order valence-electron chi connectivity index (χ3n) is 7.89. The predicted molar refractivity (Wildman–Crippen MR) is 165 cm³/mol. The Balaban J connectivity index is 0.908. The van der Waals surface area contributed by atoms with Crippen molar-refractivity contribution >= 4 is 11.8 Å². The zero-order valence-electron chi connectivity index (χ0n) is 25.0. The van der Waals surface area contributed by atoms with Gasteiger partial charge in [-0.25, -0.2) is 4.79 Å². The van der Waals surface area contributed by atoms with E-state index in [1.807, 2.05) is 55.1 Å². The van der Waals surface area contributed by atoms with E-state index in [2.05, 4.69) is 30.3 Å². The number of unbranched alkanes of at least 4 members (excludes halogenated alkanes) is 4. The van der Waals surface area contributed by atoms with E-state index in [-0.39, 0.29) is 12.2 Å². The van der Waals surface area contributed by atoms with E-state index < -0.39 is 5.79 Å². The predicted octanol–water partition coefficient (Wildman–Crippen LogP) is 7.67. The number of anilines is 1. The minimum Gasteiger partial charge on any atom is -0.463 e. The van der Waals surface area contributed by atoms with Crippen molar-refractivity contribution in [2.45, 2.75) is 77.3 Å². The number of rotatable bonds is 14. The number of cyclic esters (lactones) is 1. The number of amides is 1. The number of nitrogens with zero attached hydrogens (tertiary/aromatic N) is 1. The molecular formula is C35H44N2O5. The van der Waals surface area contributed by atoms with Crippen LogP contribution in [0.3, 0.4) is 0 Å². The first-order valence-corrected chi connectivity index (χ1v) is 15.3. The lowest BCUT2D eigenvalue weighted by molar-refractivity contribution is -0.180. The van der Waals surface area contributed by atoms with Crippen LogP contribution in [0.5, 0.6) is 5.75 Å². The van der Waals surface area contributed by atoms with Crippen LogP contribution in [0.25, 0.3) is 11.1 Å². The number of carbonyl (C=O) groups excluding carboxylic acids is 1. The van der Waals surface area contributed by atoms with Crippen LogP contribution in [0.15, 0.2) is 66.7 Å². The molecule has 1 saturated heterocycles. The minimum absolute atomic E-state index is 0.230. The van der Waals surface area contributed by atoms with Gasteiger partial charge in [0.25, 0.3) is 0 Å². The fourth-order valence-electron chi connectivity index (χ4n) is 5.54. The van der Waals surface area contributed by atoms with E-state index in [0.717, 1.165) is 92.8 Å². The summed E-state index contributed by atoms with van der Waals surface area (Å²) in [5.41, 5.74) is 12.4. The first-order valence-electron chi connectivity index (χ1n) is 15.3. The van der Waals surface area contributed by atoms with E-state index in [4.69, 9.17) is 24.7 Å². The van der Waals surface area contributed by atoms with Gasteiger partial charge in [-0.2, -0.15) is 0 Å². The molecule has 0 bridgehead atoms. The molecule has 0 spiro atoms. The monoisotopic (exact) mass is 572 g/mol. The summed E-state index contributed by atoms with van der Waals surface area (Å²) < 4.78 is 23.2. The molecular weight excluding hydrogens is 528 g/mol. The average molecular weight is 573 g/mol. The molecule has 0 aliphatic carbocycles. The largest absolute Gasteiger partial charge is 0.463 e. The summed E-state index contributed by atoms with van der Waals surface area (Å²) in [7, 11) is 0. The topological polar surface area (TPSA) is 83.2 Å². The Morgan fingerprint density at radius 2 is 1.67 bits per heavy atom. The van der Waals surface area contributed by atoms with Crippen molar-refractivity contribution in [3.8, 4) is 16.9 Å². The van der Waals surface area contributed by atoms with Gasteiger partial charge in [0, 0.05) is 44.9 Å². The molecule has 224 valence electrons. The molecule has 1 fully saturated rings. The maximum Gasteiger partial charge on any atom is 0.410 e. The van der Waals surface area contributed by atoms with Crippen molar-refractivity contribution in [2.24, 2.45) is 0 Å². The van der Waals surface area contributed by atoms with Crippen molar-refractivity contribution in [3.05, 3.63) is 83.4 Å². The summed E-state index contributed by atoms with van der Waals surface area (Å²) in [5.74, 6) is 0.210. The van der Waals surface area contributed by atoms with Gasteiger partial charge in [-0.1, -0.05) is 55.3 Å². The van der Waals surface area contributed by atoms with Gasteiger partial charge in [-0.05, 0) is 78.6 Å². The Labute approximate surface area is 249 Å². The van der Waals surface area contributed by atoms with E-state index in [0.29, 0.717) is 13.2 Å². The third-order valence-corrected chi connectivity index (χ3v) is 7.89. The summed E-state index contributed by atoms with van der Waals surface area (Å²) in [4.78, 5) is 14.3. The molecule has 1 atom stereocenters. The van der Waals surface area contributed by atoms with Crippen molar-refractivity contribution in [2.75, 3.05) is 32.0 Å². The highest BCUT2D eigenvalue weighted by Crippen LogP contribution is 2.35. The Kier molecular flexibility index (Phi) is 10.0. The second kappa shape index (κ2) is 14.1. The quantitative estimate of drug-likeness (QED) is 0.158. The van der Waals surface area contributed by atoms with Gasteiger partial charge in [0.15, 0.2) is 0 Å². The maximum absolute atomic E-state index is 12.4. The molecule has 7 nitrogen and oxygen atoms in total. The Bertz CT molecular complexity index is 1340. The molecule has 5 rings (SSSR count). The van der Waals surface area contributed by atoms with Crippen molar-refractivity contribution in [1.82, 2.24) is 4.90 Å². The standard InChI is InChI=1S/C35H44N2O5/c1-35(2)40-25-30-22-29(16-17-32(30)42-35)33-24-37(34(38)41-33)18-6-3-4-7-19-39-20-8-5-11-26-12-9-13-27(21-26)28-14-10-15-31(36)23-28/h9-10,12-17,21-23,33H,3-8,11,18-20,24-25,36H2,1-2H3/t33-/m0/s1. The van der Waals surface area contributed by atoms with Crippen LogP contribution in [-0.2, 0) is 27.2 Å². The Morgan fingerprint density at radius 3 is 2.50 bits per heavy atom. The summed E-state index contributed by atoms with van der Waals surface area (Å²) in [5, 5.41) is 0. The fourth-order valence-corrected chi connectivity index (χ4v) is 5.54. The molecule has 1 amide bonds. The third kappa shape index (κ3) is 8.26. The summed E-state index contributed by atoms with van der Waals surface area (Å²) in [6.07, 6.45) is 6.93. The first-order chi connectivity index (χ1) is 20.4. The average Bonchev–Trinajstić information content (AvgIpc) is 3.35. The van der Waals surface area contributed by atoms with Gasteiger partial charge in [0.1, 0.15) is 11.9 Å². The fraction of sp³-hybridized carbons (Fsp3) is 0.457. The van der Waals surface area contributed by atoms with Gasteiger partial charge in [-0.15, -0.1) is 0 Å². The lowest BCUT2D eigenvalue weighted by Crippen LogP contribution is -2.35. The second-order valence-electron chi connectivity index (χ2n) is 11.8. The Hall–Kier alpha value is -3.55. The number of hydrogen-bond donors (Lipinski definition) is 1. The van der Waals surface area contributed by atoms with Gasteiger partial charge >= 0.3 is 6.09 Å². The van der Waals surface area contributed by atoms with Gasteiger partial charge in [-0.3, -0.25) is 0 Å². The van der Waals surface area contributed by atoms with Crippen LogP contribution in [0, 0.1) is 0 Å². The van der Waals surface area contributed by atoms with Crippen LogP contribution in [-0.4, -0.2) is 43.1 Å². The number of carbonyl (C=O) groups is 1. The van der Waals surface area contributed by atoms with E-state index in [9.17, 15) is 4.79 Å². The van der Waals surface area contributed by atoms with E-state index in [1.165, 1.54) is 11.1 Å². The normalized spacial score (nSPS) is 17.5. The number of aryl methyl sites for hydroxylation is 1. The maximum atomic E-state index is 12.4. The highest BCUT2D eigenvalue weighted by atomic mass is 16.7. The van der Waals surface area contributed by atoms with Gasteiger partial charge < -0.3 is 29.6 Å². The molecule has 0 aromatic heterocycles. The molecule has 7 heteroatoms.